The normalized spacial score (nSPS) is 15.6. The fourth-order valence-electron chi connectivity index (χ4n) is 2.24. The predicted molar refractivity (Wildman–Crippen MR) is 74.0 cm³/mol. The third-order valence-corrected chi connectivity index (χ3v) is 3.48. The minimum Gasteiger partial charge on any atom is -0.307 e. The van der Waals surface area contributed by atoms with Crippen LogP contribution in [-0.4, -0.2) is 19.7 Å². The van der Waals surface area contributed by atoms with Crippen LogP contribution >= 0.6 is 0 Å². The molecule has 3 rings (SSSR count). The molecular weight excluding hydrogens is 297 g/mol. The molecule has 1 aliphatic rings. The number of nitrogens with one attached hydrogen (secondary N) is 1. The van der Waals surface area contributed by atoms with Crippen molar-refractivity contribution < 1.29 is 13.2 Å². The van der Waals surface area contributed by atoms with Gasteiger partial charge in [0, 0.05) is 18.7 Å². The molecule has 1 saturated carbocycles. The van der Waals surface area contributed by atoms with Crippen LogP contribution in [0.1, 0.15) is 41.5 Å². The first-order chi connectivity index (χ1) is 10.3. The Balaban J connectivity index is 1.95. The molecule has 1 N–H and O–H groups in total. The van der Waals surface area contributed by atoms with Crippen LogP contribution in [0.15, 0.2) is 17.1 Å². The molecule has 0 unspecified atom stereocenters. The van der Waals surface area contributed by atoms with Gasteiger partial charge in [0.25, 0.3) is 5.56 Å². The van der Waals surface area contributed by atoms with Gasteiger partial charge in [0.2, 0.25) is 0 Å². The summed E-state index contributed by atoms with van der Waals surface area (Å²) in [5.74, 6) is 0.324. The molecule has 22 heavy (non-hydrogen) atoms. The zero-order valence-electron chi connectivity index (χ0n) is 11.7. The zero-order valence-corrected chi connectivity index (χ0v) is 11.7. The Morgan fingerprint density at radius 3 is 2.73 bits per heavy atom. The number of alkyl halides is 3. The van der Waals surface area contributed by atoms with Crippen molar-refractivity contribution in [1.29, 1.82) is 0 Å². The van der Waals surface area contributed by atoms with Gasteiger partial charge >= 0.3 is 6.18 Å². The van der Waals surface area contributed by atoms with Crippen molar-refractivity contribution in [2.45, 2.75) is 24.9 Å². The van der Waals surface area contributed by atoms with Gasteiger partial charge in [-0.2, -0.15) is 18.3 Å². The Bertz CT molecular complexity index is 784. The summed E-state index contributed by atoms with van der Waals surface area (Å²) in [6.45, 7) is 0. The number of aryl methyl sites for hydroxylation is 1. The van der Waals surface area contributed by atoms with Gasteiger partial charge in [-0.1, -0.05) is 0 Å². The third-order valence-electron chi connectivity index (χ3n) is 3.48. The highest BCUT2D eigenvalue weighted by molar-refractivity contribution is 5.67. The Morgan fingerprint density at radius 1 is 1.36 bits per heavy atom. The first kappa shape index (κ1) is 14.6. The Hall–Kier alpha value is -2.38. The average Bonchev–Trinajstić information content (AvgIpc) is 3.19. The van der Waals surface area contributed by atoms with E-state index in [1.807, 2.05) is 0 Å². The molecule has 0 aliphatic heterocycles. The number of H-pyrrole nitrogens is 1. The molecule has 0 amide bonds. The lowest BCUT2D eigenvalue weighted by Crippen LogP contribution is -2.17. The summed E-state index contributed by atoms with van der Waals surface area (Å²) in [6.07, 6.45) is 2.27. The van der Waals surface area contributed by atoms with Crippen molar-refractivity contribution in [2.75, 3.05) is 0 Å². The number of aromatic nitrogens is 4. The second-order valence-corrected chi connectivity index (χ2v) is 5.23. The molecule has 2 heterocycles. The van der Waals surface area contributed by atoms with E-state index in [-0.39, 0.29) is 5.82 Å². The van der Waals surface area contributed by atoms with Crippen LogP contribution in [0.2, 0.25) is 0 Å². The average molecular weight is 310 g/mol. The second kappa shape index (κ2) is 5.11. The van der Waals surface area contributed by atoms with Crippen molar-refractivity contribution in [3.8, 4) is 0 Å². The molecule has 0 atom stereocenters. The molecule has 5 nitrogen and oxygen atoms in total. The number of halogens is 3. The molecule has 8 heteroatoms. The molecule has 0 saturated heterocycles. The van der Waals surface area contributed by atoms with Crippen molar-refractivity contribution in [2.24, 2.45) is 7.05 Å². The van der Waals surface area contributed by atoms with E-state index in [4.69, 9.17) is 0 Å². The summed E-state index contributed by atoms with van der Waals surface area (Å²) in [6, 6.07) is 0.442. The van der Waals surface area contributed by atoms with Gasteiger partial charge < -0.3 is 4.98 Å². The maximum Gasteiger partial charge on any atom is 0.433 e. The van der Waals surface area contributed by atoms with E-state index in [2.05, 4.69) is 15.1 Å². The van der Waals surface area contributed by atoms with Gasteiger partial charge in [-0.3, -0.25) is 9.48 Å². The van der Waals surface area contributed by atoms with Gasteiger partial charge in [0.1, 0.15) is 5.82 Å². The lowest BCUT2D eigenvalue weighted by atomic mass is 10.1. The maximum atomic E-state index is 12.7. The Labute approximate surface area is 123 Å². The third kappa shape index (κ3) is 2.95. The molecule has 2 aromatic heterocycles. The van der Waals surface area contributed by atoms with Crippen LogP contribution in [-0.2, 0) is 13.2 Å². The number of rotatable bonds is 3. The van der Waals surface area contributed by atoms with Crippen molar-refractivity contribution >= 4 is 12.2 Å². The van der Waals surface area contributed by atoms with E-state index < -0.39 is 17.4 Å². The van der Waals surface area contributed by atoms with Crippen LogP contribution < -0.4 is 5.56 Å². The maximum absolute atomic E-state index is 12.7. The van der Waals surface area contributed by atoms with Crippen molar-refractivity contribution in [3.63, 3.8) is 0 Å². The topological polar surface area (TPSA) is 63.6 Å². The van der Waals surface area contributed by atoms with Crippen molar-refractivity contribution in [1.82, 2.24) is 19.7 Å². The lowest BCUT2D eigenvalue weighted by Gasteiger charge is -2.05. The van der Waals surface area contributed by atoms with Gasteiger partial charge in [0.15, 0.2) is 5.69 Å². The van der Waals surface area contributed by atoms with Crippen LogP contribution in [0.3, 0.4) is 0 Å². The summed E-state index contributed by atoms with van der Waals surface area (Å²) in [7, 11) is 1.76. The van der Waals surface area contributed by atoms with Gasteiger partial charge in [-0.25, -0.2) is 4.98 Å². The highest BCUT2D eigenvalue weighted by atomic mass is 19.4. The summed E-state index contributed by atoms with van der Waals surface area (Å²) in [4.78, 5) is 17.0. The SMILES string of the molecule is Cn1ncc(C2CC2)c1C=Cc1nc(C(F)(F)F)cc(=O)[nH]1. The fraction of sp³-hybridized carbons (Fsp3) is 0.357. The molecule has 1 aliphatic carbocycles. The van der Waals surface area contributed by atoms with Gasteiger partial charge in [0.05, 0.1) is 11.9 Å². The number of aromatic amines is 1. The van der Waals surface area contributed by atoms with E-state index in [1.165, 1.54) is 6.08 Å². The Morgan fingerprint density at radius 2 is 2.09 bits per heavy atom. The lowest BCUT2D eigenvalue weighted by molar-refractivity contribution is -0.141. The number of hydrogen-bond acceptors (Lipinski definition) is 3. The largest absolute Gasteiger partial charge is 0.433 e. The summed E-state index contributed by atoms with van der Waals surface area (Å²) in [5, 5.41) is 4.16. The number of hydrogen-bond donors (Lipinski definition) is 1. The molecule has 0 spiro atoms. The zero-order chi connectivity index (χ0) is 15.9. The number of nitrogens with zero attached hydrogens (tertiary/aromatic N) is 3. The van der Waals surface area contributed by atoms with E-state index in [1.54, 1.807) is 24.0 Å². The molecule has 1 fully saturated rings. The highest BCUT2D eigenvalue weighted by Gasteiger charge is 2.33. The summed E-state index contributed by atoms with van der Waals surface area (Å²) < 4.78 is 39.6. The van der Waals surface area contributed by atoms with E-state index in [0.29, 0.717) is 12.0 Å². The van der Waals surface area contributed by atoms with Crippen LogP contribution in [0.25, 0.3) is 12.2 Å². The molecule has 116 valence electrons. The molecule has 0 radical (unpaired) electrons. The van der Waals surface area contributed by atoms with Crippen molar-refractivity contribution in [3.05, 3.63) is 45.4 Å². The summed E-state index contributed by atoms with van der Waals surface area (Å²) in [5.41, 5.74) is -0.173. The van der Waals surface area contributed by atoms with Gasteiger partial charge in [-0.15, -0.1) is 0 Å². The second-order valence-electron chi connectivity index (χ2n) is 5.23. The minimum absolute atomic E-state index is 0.136. The standard InChI is InChI=1S/C14H13F3N4O/c1-21-10(9(7-18-21)8-2-3-8)4-5-12-19-11(14(15,16)17)6-13(22)20-12/h4-8H,2-3H2,1H3,(H,19,20,22). The van der Waals surface area contributed by atoms with E-state index in [9.17, 15) is 18.0 Å². The van der Waals surface area contributed by atoms with Crippen LogP contribution in [0.4, 0.5) is 13.2 Å². The first-order valence-electron chi connectivity index (χ1n) is 6.73. The Kier molecular flexibility index (Phi) is 3.38. The predicted octanol–water partition coefficient (Wildman–Crippen LogP) is 2.57. The van der Waals surface area contributed by atoms with E-state index in [0.717, 1.165) is 24.1 Å². The van der Waals surface area contributed by atoms with Crippen LogP contribution in [0, 0.1) is 0 Å². The minimum atomic E-state index is -4.65. The first-order valence-corrected chi connectivity index (χ1v) is 6.73. The smallest absolute Gasteiger partial charge is 0.307 e. The quantitative estimate of drug-likeness (QED) is 0.947. The molecular formula is C14H13F3N4O. The highest BCUT2D eigenvalue weighted by Crippen LogP contribution is 2.41. The molecule has 2 aromatic rings. The van der Waals surface area contributed by atoms with Crippen LogP contribution in [0.5, 0.6) is 0 Å². The monoisotopic (exact) mass is 310 g/mol. The summed E-state index contributed by atoms with van der Waals surface area (Å²) >= 11 is 0. The van der Waals surface area contributed by atoms with Gasteiger partial charge in [-0.05, 0) is 30.9 Å². The van der Waals surface area contributed by atoms with E-state index >= 15 is 0 Å². The molecule has 0 aromatic carbocycles. The molecule has 0 bridgehead atoms. The fourth-order valence-corrected chi connectivity index (χ4v) is 2.24.